The summed E-state index contributed by atoms with van der Waals surface area (Å²) in [5.74, 6) is 0.798. The lowest BCUT2D eigenvalue weighted by Gasteiger charge is -2.08. The topological polar surface area (TPSA) is 86.1 Å². The van der Waals surface area contributed by atoms with Crippen molar-refractivity contribution in [3.8, 4) is 0 Å². The van der Waals surface area contributed by atoms with E-state index in [2.05, 4.69) is 32.4 Å². The number of hydrogen-bond donors (Lipinski definition) is 1. The Morgan fingerprint density at radius 2 is 2.00 bits per heavy atom. The zero-order valence-electron chi connectivity index (χ0n) is 15.1. The largest absolute Gasteiger partial charge is 0.469 e. The van der Waals surface area contributed by atoms with Gasteiger partial charge < -0.3 is 14.6 Å². The van der Waals surface area contributed by atoms with Crippen molar-refractivity contribution in [1.82, 2.24) is 20.1 Å². The molecular formula is C18H24N4O3S. The van der Waals surface area contributed by atoms with Crippen molar-refractivity contribution < 1.29 is 14.3 Å². The van der Waals surface area contributed by atoms with Crippen LogP contribution >= 0.6 is 11.8 Å². The number of hydrogen-bond acceptors (Lipinski definition) is 6. The van der Waals surface area contributed by atoms with E-state index in [0.29, 0.717) is 25.8 Å². The van der Waals surface area contributed by atoms with Gasteiger partial charge in [0.25, 0.3) is 0 Å². The van der Waals surface area contributed by atoms with Crippen molar-refractivity contribution in [2.75, 3.05) is 19.4 Å². The molecule has 0 aliphatic heterocycles. The van der Waals surface area contributed by atoms with E-state index < -0.39 is 0 Å². The third kappa shape index (κ3) is 6.18. The van der Waals surface area contributed by atoms with Crippen LogP contribution in [-0.4, -0.2) is 46.0 Å². The van der Waals surface area contributed by atoms with Gasteiger partial charge in [-0.2, -0.15) is 0 Å². The molecule has 8 heteroatoms. The van der Waals surface area contributed by atoms with Gasteiger partial charge in [-0.1, -0.05) is 42.1 Å². The lowest BCUT2D eigenvalue weighted by atomic mass is 10.1. The third-order valence-electron chi connectivity index (χ3n) is 3.75. The minimum absolute atomic E-state index is 0.0878. The van der Waals surface area contributed by atoms with Gasteiger partial charge >= 0.3 is 5.97 Å². The average molecular weight is 376 g/mol. The number of rotatable bonds is 10. The number of esters is 1. The van der Waals surface area contributed by atoms with Gasteiger partial charge in [0.05, 0.1) is 12.9 Å². The van der Waals surface area contributed by atoms with Crippen molar-refractivity contribution in [2.24, 2.45) is 0 Å². The molecule has 7 nitrogen and oxygen atoms in total. The molecule has 0 unspecified atom stereocenters. The molecule has 0 aliphatic rings. The van der Waals surface area contributed by atoms with Crippen molar-refractivity contribution in [3.05, 3.63) is 41.7 Å². The van der Waals surface area contributed by atoms with E-state index in [1.807, 2.05) is 29.7 Å². The molecule has 2 aromatic rings. The number of aromatic nitrogens is 3. The molecule has 1 amide bonds. The van der Waals surface area contributed by atoms with Gasteiger partial charge in [-0.25, -0.2) is 0 Å². The first-order valence-corrected chi connectivity index (χ1v) is 9.55. The predicted octanol–water partition coefficient (Wildman–Crippen LogP) is 2.05. The van der Waals surface area contributed by atoms with E-state index in [1.165, 1.54) is 24.4 Å². The molecule has 0 bridgehead atoms. The van der Waals surface area contributed by atoms with Crippen LogP contribution in [0.2, 0.25) is 0 Å². The average Bonchev–Trinajstić information content (AvgIpc) is 3.05. The van der Waals surface area contributed by atoms with Gasteiger partial charge in [0.15, 0.2) is 5.16 Å². The summed E-state index contributed by atoms with van der Waals surface area (Å²) < 4.78 is 6.59. The molecule has 26 heavy (non-hydrogen) atoms. The number of amides is 1. The molecule has 0 spiro atoms. The summed E-state index contributed by atoms with van der Waals surface area (Å²) >= 11 is 1.37. The number of methoxy groups -OCH3 is 1. The van der Waals surface area contributed by atoms with Crippen LogP contribution in [0.15, 0.2) is 35.5 Å². The predicted molar refractivity (Wildman–Crippen MR) is 99.9 cm³/mol. The van der Waals surface area contributed by atoms with E-state index >= 15 is 0 Å². The number of nitrogens with one attached hydrogen (secondary N) is 1. The Morgan fingerprint density at radius 3 is 2.69 bits per heavy atom. The van der Waals surface area contributed by atoms with E-state index in [9.17, 15) is 9.59 Å². The molecule has 0 saturated heterocycles. The van der Waals surface area contributed by atoms with Crippen LogP contribution < -0.4 is 5.32 Å². The zero-order valence-corrected chi connectivity index (χ0v) is 15.9. The highest BCUT2D eigenvalue weighted by atomic mass is 32.2. The van der Waals surface area contributed by atoms with Crippen molar-refractivity contribution in [1.29, 1.82) is 0 Å². The number of thioether (sulfide) groups is 1. The summed E-state index contributed by atoms with van der Waals surface area (Å²) in [7, 11) is 1.35. The Balaban J connectivity index is 1.82. The van der Waals surface area contributed by atoms with Crippen LogP contribution in [0, 0.1) is 0 Å². The summed E-state index contributed by atoms with van der Waals surface area (Å²) in [4.78, 5) is 22.9. The summed E-state index contributed by atoms with van der Waals surface area (Å²) in [6.45, 7) is 3.24. The van der Waals surface area contributed by atoms with E-state index in [-0.39, 0.29) is 17.6 Å². The highest BCUT2D eigenvalue weighted by molar-refractivity contribution is 7.99. The van der Waals surface area contributed by atoms with Gasteiger partial charge in [-0.15, -0.1) is 10.2 Å². The van der Waals surface area contributed by atoms with Crippen LogP contribution in [0.3, 0.4) is 0 Å². The summed E-state index contributed by atoms with van der Waals surface area (Å²) in [5.41, 5.74) is 1.18. The maximum atomic E-state index is 11.9. The Bertz CT molecular complexity index is 718. The van der Waals surface area contributed by atoms with Crippen molar-refractivity contribution in [3.63, 3.8) is 0 Å². The fourth-order valence-corrected chi connectivity index (χ4v) is 3.25. The first-order valence-electron chi connectivity index (χ1n) is 8.56. The molecule has 0 saturated carbocycles. The van der Waals surface area contributed by atoms with Gasteiger partial charge in [-0.3, -0.25) is 9.59 Å². The van der Waals surface area contributed by atoms with E-state index in [1.54, 1.807) is 0 Å². The second kappa shape index (κ2) is 10.6. The summed E-state index contributed by atoms with van der Waals surface area (Å²) in [6, 6.07) is 10.1. The molecule has 0 radical (unpaired) electrons. The Morgan fingerprint density at radius 1 is 1.23 bits per heavy atom. The second-order valence-electron chi connectivity index (χ2n) is 5.62. The maximum absolute atomic E-state index is 11.9. The monoisotopic (exact) mass is 376 g/mol. The fourth-order valence-electron chi connectivity index (χ4n) is 2.40. The van der Waals surface area contributed by atoms with Crippen molar-refractivity contribution >= 4 is 23.6 Å². The first kappa shape index (κ1) is 20.0. The van der Waals surface area contributed by atoms with Gasteiger partial charge in [-0.05, 0) is 18.9 Å². The number of carbonyl (C=O) groups is 2. The van der Waals surface area contributed by atoms with Crippen molar-refractivity contribution in [2.45, 2.75) is 37.9 Å². The molecule has 2 rings (SSSR count). The molecule has 0 aliphatic carbocycles. The minimum atomic E-state index is -0.268. The number of benzene rings is 1. The number of nitrogens with zero attached hydrogens (tertiary/aromatic N) is 3. The fraction of sp³-hybridized carbons (Fsp3) is 0.444. The molecule has 140 valence electrons. The Kier molecular flexibility index (Phi) is 8.14. The molecular weight excluding hydrogens is 352 g/mol. The van der Waals surface area contributed by atoms with Crippen LogP contribution in [0.25, 0.3) is 0 Å². The highest BCUT2D eigenvalue weighted by Gasteiger charge is 2.13. The second-order valence-corrected chi connectivity index (χ2v) is 6.57. The zero-order chi connectivity index (χ0) is 18.8. The minimum Gasteiger partial charge on any atom is -0.469 e. The van der Waals surface area contributed by atoms with Gasteiger partial charge in [0.1, 0.15) is 5.82 Å². The maximum Gasteiger partial charge on any atom is 0.305 e. The normalized spacial score (nSPS) is 10.5. The Labute approximate surface area is 157 Å². The van der Waals surface area contributed by atoms with Crippen LogP contribution in [0.1, 0.15) is 31.2 Å². The summed E-state index contributed by atoms with van der Waals surface area (Å²) in [5, 5.41) is 12.0. The highest BCUT2D eigenvalue weighted by Crippen LogP contribution is 2.18. The SMILES string of the molecule is CCn1c(Cc2ccccc2)nnc1SCC(=O)NCCCC(=O)OC. The molecule has 1 aromatic carbocycles. The first-order chi connectivity index (χ1) is 12.6. The lowest BCUT2D eigenvalue weighted by molar-refractivity contribution is -0.140. The van der Waals surface area contributed by atoms with Crippen LogP contribution in [0.5, 0.6) is 0 Å². The van der Waals surface area contributed by atoms with Gasteiger partial charge in [0.2, 0.25) is 5.91 Å². The van der Waals surface area contributed by atoms with E-state index in [4.69, 9.17) is 0 Å². The quantitative estimate of drug-likeness (QED) is 0.388. The van der Waals surface area contributed by atoms with Crippen LogP contribution in [0.4, 0.5) is 0 Å². The smallest absolute Gasteiger partial charge is 0.305 e. The molecule has 1 heterocycles. The molecule has 0 fully saturated rings. The standard InChI is InChI=1S/C18H24N4O3S/c1-3-22-15(12-14-8-5-4-6-9-14)20-21-18(22)26-13-16(23)19-11-7-10-17(24)25-2/h4-6,8-9H,3,7,10-13H2,1-2H3,(H,19,23). The number of ether oxygens (including phenoxy) is 1. The molecule has 0 atom stereocenters. The van der Waals surface area contributed by atoms with E-state index in [0.717, 1.165) is 17.5 Å². The summed E-state index contributed by atoms with van der Waals surface area (Å²) in [6.07, 6.45) is 1.58. The third-order valence-corrected chi connectivity index (χ3v) is 4.72. The van der Waals surface area contributed by atoms with Crippen LogP contribution in [-0.2, 0) is 27.3 Å². The Hall–Kier alpha value is -2.35. The molecule has 1 N–H and O–H groups in total. The number of carbonyl (C=O) groups excluding carboxylic acids is 2. The molecule has 1 aromatic heterocycles. The lowest BCUT2D eigenvalue weighted by Crippen LogP contribution is -2.26. The van der Waals surface area contributed by atoms with Gasteiger partial charge in [0, 0.05) is 25.9 Å².